The Morgan fingerprint density at radius 2 is 2.47 bits per heavy atom. The lowest BCUT2D eigenvalue weighted by molar-refractivity contribution is -0.124. The molecule has 1 heterocycles. The second-order valence-electron chi connectivity index (χ2n) is 4.06. The number of carbonyl (C=O) groups excluding carboxylic acids is 1. The van der Waals surface area contributed by atoms with Crippen molar-refractivity contribution in [3.8, 4) is 0 Å². The van der Waals surface area contributed by atoms with Crippen LogP contribution in [-0.4, -0.2) is 31.7 Å². The van der Waals surface area contributed by atoms with Crippen molar-refractivity contribution in [2.75, 3.05) is 19.7 Å². The average Bonchev–Trinajstić information content (AvgIpc) is 2.72. The summed E-state index contributed by atoms with van der Waals surface area (Å²) in [7, 11) is 0. The minimum Gasteiger partial charge on any atom is -0.378 e. The van der Waals surface area contributed by atoms with Gasteiger partial charge in [0.25, 0.3) is 0 Å². The van der Waals surface area contributed by atoms with Crippen molar-refractivity contribution in [3.05, 3.63) is 0 Å². The highest BCUT2D eigenvalue weighted by atomic mass is 16.5. The van der Waals surface area contributed by atoms with Crippen LogP contribution in [0, 0.1) is 5.92 Å². The third kappa shape index (κ3) is 4.18. The van der Waals surface area contributed by atoms with Gasteiger partial charge in [-0.15, -0.1) is 0 Å². The largest absolute Gasteiger partial charge is 0.378 e. The van der Waals surface area contributed by atoms with Gasteiger partial charge in [-0.05, 0) is 25.7 Å². The van der Waals surface area contributed by atoms with E-state index in [1.165, 1.54) is 0 Å². The lowest BCUT2D eigenvalue weighted by atomic mass is 10.1. The monoisotopic (exact) mass is 214 g/mol. The van der Waals surface area contributed by atoms with Gasteiger partial charge in [-0.25, -0.2) is 0 Å². The van der Waals surface area contributed by atoms with E-state index in [-0.39, 0.29) is 11.8 Å². The number of nitrogens with two attached hydrogens (primary N) is 1. The van der Waals surface area contributed by atoms with Crippen molar-refractivity contribution in [1.82, 2.24) is 5.32 Å². The van der Waals surface area contributed by atoms with Crippen LogP contribution in [-0.2, 0) is 9.53 Å². The summed E-state index contributed by atoms with van der Waals surface area (Å²) in [6, 6.07) is 0. The number of hydrogen-bond acceptors (Lipinski definition) is 3. The molecule has 0 aliphatic carbocycles. The highest BCUT2D eigenvalue weighted by Gasteiger charge is 2.17. The zero-order valence-corrected chi connectivity index (χ0v) is 9.50. The SMILES string of the molecule is CCC(CN)C(=O)NCCC1CCCO1. The number of amides is 1. The topological polar surface area (TPSA) is 64.4 Å². The molecule has 1 fully saturated rings. The van der Waals surface area contributed by atoms with Crippen molar-refractivity contribution >= 4 is 5.91 Å². The van der Waals surface area contributed by atoms with E-state index in [0.717, 1.165) is 32.3 Å². The van der Waals surface area contributed by atoms with Crippen LogP contribution in [0.25, 0.3) is 0 Å². The molecule has 2 atom stereocenters. The number of hydrogen-bond donors (Lipinski definition) is 2. The van der Waals surface area contributed by atoms with E-state index in [2.05, 4.69) is 5.32 Å². The second kappa shape index (κ2) is 6.80. The number of carbonyl (C=O) groups is 1. The molecule has 0 aromatic rings. The van der Waals surface area contributed by atoms with Crippen molar-refractivity contribution in [3.63, 3.8) is 0 Å². The van der Waals surface area contributed by atoms with Gasteiger partial charge >= 0.3 is 0 Å². The van der Waals surface area contributed by atoms with Crippen molar-refractivity contribution in [2.45, 2.75) is 38.7 Å². The fourth-order valence-electron chi connectivity index (χ4n) is 1.83. The molecule has 1 aliphatic heterocycles. The molecule has 0 saturated carbocycles. The molecule has 0 radical (unpaired) electrons. The Morgan fingerprint density at radius 3 is 3.00 bits per heavy atom. The van der Waals surface area contributed by atoms with E-state index in [0.29, 0.717) is 19.2 Å². The molecule has 88 valence electrons. The maximum absolute atomic E-state index is 11.5. The molecule has 4 heteroatoms. The Balaban J connectivity index is 2.10. The Kier molecular flexibility index (Phi) is 5.65. The Hall–Kier alpha value is -0.610. The number of rotatable bonds is 6. The Labute approximate surface area is 91.5 Å². The summed E-state index contributed by atoms with van der Waals surface area (Å²) in [6.07, 6.45) is 4.36. The van der Waals surface area contributed by atoms with Gasteiger partial charge in [-0.2, -0.15) is 0 Å². The van der Waals surface area contributed by atoms with Crippen LogP contribution >= 0.6 is 0 Å². The highest BCUT2D eigenvalue weighted by molar-refractivity contribution is 5.78. The molecular formula is C11H22N2O2. The van der Waals surface area contributed by atoms with Gasteiger partial charge in [0.1, 0.15) is 0 Å². The van der Waals surface area contributed by atoms with Gasteiger partial charge in [-0.3, -0.25) is 4.79 Å². The highest BCUT2D eigenvalue weighted by Crippen LogP contribution is 2.14. The van der Waals surface area contributed by atoms with Crippen molar-refractivity contribution in [1.29, 1.82) is 0 Å². The maximum Gasteiger partial charge on any atom is 0.224 e. The van der Waals surface area contributed by atoms with Crippen LogP contribution in [0.2, 0.25) is 0 Å². The maximum atomic E-state index is 11.5. The van der Waals surface area contributed by atoms with E-state index in [9.17, 15) is 4.79 Å². The van der Waals surface area contributed by atoms with Crippen molar-refractivity contribution < 1.29 is 9.53 Å². The van der Waals surface area contributed by atoms with E-state index >= 15 is 0 Å². The quantitative estimate of drug-likeness (QED) is 0.682. The van der Waals surface area contributed by atoms with Gasteiger partial charge in [-0.1, -0.05) is 6.92 Å². The second-order valence-corrected chi connectivity index (χ2v) is 4.06. The molecule has 0 aromatic heterocycles. The first-order valence-corrected chi connectivity index (χ1v) is 5.87. The molecule has 4 nitrogen and oxygen atoms in total. The average molecular weight is 214 g/mol. The summed E-state index contributed by atoms with van der Waals surface area (Å²) in [5.41, 5.74) is 5.49. The molecule has 1 rings (SSSR count). The molecule has 0 aromatic carbocycles. The first kappa shape index (κ1) is 12.5. The fraction of sp³-hybridized carbons (Fsp3) is 0.909. The van der Waals surface area contributed by atoms with Crippen LogP contribution < -0.4 is 11.1 Å². The number of ether oxygens (including phenoxy) is 1. The van der Waals surface area contributed by atoms with Gasteiger partial charge in [0.15, 0.2) is 0 Å². The lowest BCUT2D eigenvalue weighted by Crippen LogP contribution is -2.36. The molecule has 2 unspecified atom stereocenters. The minimum absolute atomic E-state index is 0.0329. The first-order chi connectivity index (χ1) is 7.27. The van der Waals surface area contributed by atoms with E-state index in [1.54, 1.807) is 0 Å². The third-order valence-corrected chi connectivity index (χ3v) is 2.94. The summed E-state index contributed by atoms with van der Waals surface area (Å²) in [6.45, 7) is 4.00. The van der Waals surface area contributed by atoms with Gasteiger partial charge in [0.05, 0.1) is 6.10 Å². The summed E-state index contributed by atoms with van der Waals surface area (Å²) >= 11 is 0. The predicted molar refractivity (Wildman–Crippen MR) is 59.4 cm³/mol. The molecule has 15 heavy (non-hydrogen) atoms. The van der Waals surface area contributed by atoms with Gasteiger partial charge < -0.3 is 15.8 Å². The lowest BCUT2D eigenvalue weighted by Gasteiger charge is -2.14. The molecule has 3 N–H and O–H groups in total. The first-order valence-electron chi connectivity index (χ1n) is 5.87. The van der Waals surface area contributed by atoms with Crippen LogP contribution in [0.4, 0.5) is 0 Å². The van der Waals surface area contributed by atoms with Crippen LogP contribution in [0.15, 0.2) is 0 Å². The van der Waals surface area contributed by atoms with E-state index in [4.69, 9.17) is 10.5 Å². The van der Waals surface area contributed by atoms with Gasteiger partial charge in [0.2, 0.25) is 5.91 Å². The molecule has 1 aliphatic rings. The minimum atomic E-state index is -0.0329. The predicted octanol–water partition coefficient (Wildman–Crippen LogP) is 0.657. The Bertz CT molecular complexity index is 187. The molecule has 0 bridgehead atoms. The molecular weight excluding hydrogens is 192 g/mol. The zero-order valence-electron chi connectivity index (χ0n) is 9.50. The van der Waals surface area contributed by atoms with Gasteiger partial charge in [0, 0.05) is 25.6 Å². The van der Waals surface area contributed by atoms with Crippen molar-refractivity contribution in [2.24, 2.45) is 11.7 Å². The fourth-order valence-corrected chi connectivity index (χ4v) is 1.83. The van der Waals surface area contributed by atoms with E-state index in [1.807, 2.05) is 6.92 Å². The summed E-state index contributed by atoms with van der Waals surface area (Å²) in [5.74, 6) is 0.0486. The number of nitrogens with one attached hydrogen (secondary N) is 1. The summed E-state index contributed by atoms with van der Waals surface area (Å²) in [4.78, 5) is 11.5. The molecule has 1 saturated heterocycles. The normalized spacial score (nSPS) is 22.7. The summed E-state index contributed by atoms with van der Waals surface area (Å²) in [5, 5.41) is 2.91. The zero-order chi connectivity index (χ0) is 11.1. The van der Waals surface area contributed by atoms with E-state index < -0.39 is 0 Å². The standard InChI is InChI=1S/C11H22N2O2/c1-2-9(8-12)11(14)13-6-5-10-4-3-7-15-10/h9-10H,2-8,12H2,1H3,(H,13,14). The Morgan fingerprint density at radius 1 is 1.67 bits per heavy atom. The van der Waals surface area contributed by atoms with Crippen LogP contribution in [0.5, 0.6) is 0 Å². The molecule has 0 spiro atoms. The van der Waals surface area contributed by atoms with Crippen LogP contribution in [0.1, 0.15) is 32.6 Å². The molecule has 1 amide bonds. The summed E-state index contributed by atoms with van der Waals surface area (Å²) < 4.78 is 5.47. The smallest absolute Gasteiger partial charge is 0.224 e. The van der Waals surface area contributed by atoms with Crippen LogP contribution in [0.3, 0.4) is 0 Å². The third-order valence-electron chi connectivity index (χ3n) is 2.94.